The Kier molecular flexibility index (Phi) is 4.90. The predicted octanol–water partition coefficient (Wildman–Crippen LogP) is 3.40. The van der Waals surface area contributed by atoms with Gasteiger partial charge in [0.1, 0.15) is 0 Å². The Morgan fingerprint density at radius 2 is 1.91 bits per heavy atom. The van der Waals surface area contributed by atoms with E-state index >= 15 is 0 Å². The maximum absolute atomic E-state index is 12.4. The summed E-state index contributed by atoms with van der Waals surface area (Å²) < 4.78 is 0. The van der Waals surface area contributed by atoms with Gasteiger partial charge in [0.15, 0.2) is 0 Å². The molecule has 0 bridgehead atoms. The zero-order valence-electron chi connectivity index (χ0n) is 13.0. The first-order valence-corrected chi connectivity index (χ1v) is 8.76. The molecule has 2 heterocycles. The van der Waals surface area contributed by atoms with Gasteiger partial charge in [-0.2, -0.15) is 11.3 Å². The fourth-order valence-electron chi connectivity index (χ4n) is 2.85. The Morgan fingerprint density at radius 1 is 1.09 bits per heavy atom. The zero-order chi connectivity index (χ0) is 15.4. The molecule has 116 valence electrons. The van der Waals surface area contributed by atoms with Gasteiger partial charge in [-0.3, -0.25) is 9.69 Å². The first-order valence-electron chi connectivity index (χ1n) is 7.82. The lowest BCUT2D eigenvalue weighted by Gasteiger charge is -2.22. The van der Waals surface area contributed by atoms with Crippen LogP contribution in [-0.4, -0.2) is 41.9 Å². The number of nitrogens with zero attached hydrogens (tertiary/aromatic N) is 2. The normalized spacial score (nSPS) is 16.5. The molecule has 4 heteroatoms. The van der Waals surface area contributed by atoms with Crippen LogP contribution in [0.3, 0.4) is 0 Å². The number of hydrogen-bond donors (Lipinski definition) is 0. The second-order valence-corrected chi connectivity index (χ2v) is 6.70. The van der Waals surface area contributed by atoms with Crippen molar-refractivity contribution in [2.75, 3.05) is 26.2 Å². The van der Waals surface area contributed by atoms with Crippen molar-refractivity contribution in [2.45, 2.75) is 19.9 Å². The summed E-state index contributed by atoms with van der Waals surface area (Å²) in [5, 5.41) is 3.91. The van der Waals surface area contributed by atoms with Gasteiger partial charge in [0.05, 0.1) is 5.56 Å². The van der Waals surface area contributed by atoms with E-state index in [0.717, 1.165) is 44.7 Å². The van der Waals surface area contributed by atoms with Gasteiger partial charge in [-0.25, -0.2) is 0 Å². The van der Waals surface area contributed by atoms with E-state index in [1.165, 1.54) is 11.1 Å². The molecule has 1 aliphatic rings. The fourth-order valence-corrected chi connectivity index (χ4v) is 3.48. The minimum atomic E-state index is 0.179. The molecule has 0 atom stereocenters. The fraction of sp³-hybridized carbons (Fsp3) is 0.389. The van der Waals surface area contributed by atoms with E-state index in [9.17, 15) is 4.79 Å². The first kappa shape index (κ1) is 15.3. The highest BCUT2D eigenvalue weighted by Gasteiger charge is 2.20. The van der Waals surface area contributed by atoms with Crippen molar-refractivity contribution in [3.05, 3.63) is 57.8 Å². The molecule has 1 fully saturated rings. The van der Waals surface area contributed by atoms with Crippen LogP contribution < -0.4 is 0 Å². The Labute approximate surface area is 136 Å². The van der Waals surface area contributed by atoms with Gasteiger partial charge in [-0.05, 0) is 30.4 Å². The van der Waals surface area contributed by atoms with E-state index in [1.807, 2.05) is 21.7 Å². The maximum Gasteiger partial charge on any atom is 0.254 e. The molecule has 1 aromatic carbocycles. The van der Waals surface area contributed by atoms with Gasteiger partial charge < -0.3 is 4.90 Å². The minimum Gasteiger partial charge on any atom is -0.337 e. The van der Waals surface area contributed by atoms with Crippen molar-refractivity contribution in [1.29, 1.82) is 0 Å². The lowest BCUT2D eigenvalue weighted by atomic mass is 10.1. The summed E-state index contributed by atoms with van der Waals surface area (Å²) in [5.74, 6) is 0.179. The van der Waals surface area contributed by atoms with E-state index < -0.39 is 0 Å². The predicted molar refractivity (Wildman–Crippen MR) is 91.3 cm³/mol. The summed E-state index contributed by atoms with van der Waals surface area (Å²) in [6.45, 7) is 6.77. The lowest BCUT2D eigenvalue weighted by molar-refractivity contribution is 0.0761. The van der Waals surface area contributed by atoms with Crippen molar-refractivity contribution in [2.24, 2.45) is 0 Å². The van der Waals surface area contributed by atoms with E-state index in [2.05, 4.69) is 36.1 Å². The zero-order valence-corrected chi connectivity index (χ0v) is 13.8. The van der Waals surface area contributed by atoms with Crippen molar-refractivity contribution >= 4 is 17.2 Å². The highest BCUT2D eigenvalue weighted by atomic mass is 32.1. The monoisotopic (exact) mass is 314 g/mol. The average Bonchev–Trinajstić information content (AvgIpc) is 2.96. The molecule has 2 aromatic rings. The van der Waals surface area contributed by atoms with Crippen LogP contribution in [0.5, 0.6) is 0 Å². The van der Waals surface area contributed by atoms with Gasteiger partial charge in [0, 0.05) is 38.1 Å². The quantitative estimate of drug-likeness (QED) is 0.867. The van der Waals surface area contributed by atoms with Crippen LogP contribution in [-0.2, 0) is 6.54 Å². The third-order valence-corrected chi connectivity index (χ3v) is 4.85. The van der Waals surface area contributed by atoms with Crippen molar-refractivity contribution in [1.82, 2.24) is 9.80 Å². The number of amides is 1. The lowest BCUT2D eigenvalue weighted by Crippen LogP contribution is -2.34. The molecular weight excluding hydrogens is 292 g/mol. The summed E-state index contributed by atoms with van der Waals surface area (Å²) >= 11 is 1.58. The highest BCUT2D eigenvalue weighted by molar-refractivity contribution is 7.08. The Balaban J connectivity index is 1.58. The SMILES string of the molecule is Cc1ccc(CN2CCCN(C(=O)c3ccsc3)CC2)cc1. The van der Waals surface area contributed by atoms with Crippen LogP contribution in [0.25, 0.3) is 0 Å². The molecule has 1 saturated heterocycles. The van der Waals surface area contributed by atoms with Gasteiger partial charge in [0.25, 0.3) is 5.91 Å². The smallest absolute Gasteiger partial charge is 0.254 e. The van der Waals surface area contributed by atoms with Crippen molar-refractivity contribution < 1.29 is 4.79 Å². The summed E-state index contributed by atoms with van der Waals surface area (Å²) in [6.07, 6.45) is 1.04. The number of hydrogen-bond acceptors (Lipinski definition) is 3. The molecule has 0 unspecified atom stereocenters. The Hall–Kier alpha value is -1.65. The van der Waals surface area contributed by atoms with Gasteiger partial charge in [-0.15, -0.1) is 0 Å². The second kappa shape index (κ2) is 7.07. The number of benzene rings is 1. The largest absolute Gasteiger partial charge is 0.337 e. The first-order chi connectivity index (χ1) is 10.7. The molecule has 0 N–H and O–H groups in total. The molecule has 1 amide bonds. The Bertz CT molecular complexity index is 607. The molecule has 3 nitrogen and oxygen atoms in total. The number of aryl methyl sites for hydroxylation is 1. The third-order valence-electron chi connectivity index (χ3n) is 4.17. The molecule has 0 aliphatic carbocycles. The van der Waals surface area contributed by atoms with Gasteiger partial charge in [-0.1, -0.05) is 29.8 Å². The Morgan fingerprint density at radius 3 is 2.64 bits per heavy atom. The van der Waals surface area contributed by atoms with E-state index in [1.54, 1.807) is 11.3 Å². The minimum absolute atomic E-state index is 0.179. The van der Waals surface area contributed by atoms with Crippen LogP contribution in [0, 0.1) is 6.92 Å². The van der Waals surface area contributed by atoms with Crippen LogP contribution in [0.2, 0.25) is 0 Å². The summed E-state index contributed by atoms with van der Waals surface area (Å²) in [6, 6.07) is 10.7. The molecule has 3 rings (SSSR count). The topological polar surface area (TPSA) is 23.6 Å². The van der Waals surface area contributed by atoms with E-state index in [-0.39, 0.29) is 5.91 Å². The summed E-state index contributed by atoms with van der Waals surface area (Å²) in [4.78, 5) is 16.9. The third kappa shape index (κ3) is 3.76. The number of thiophene rings is 1. The van der Waals surface area contributed by atoms with Crippen LogP contribution in [0.4, 0.5) is 0 Å². The van der Waals surface area contributed by atoms with Gasteiger partial charge in [0.2, 0.25) is 0 Å². The molecule has 1 aromatic heterocycles. The molecule has 0 saturated carbocycles. The number of rotatable bonds is 3. The molecular formula is C18H22N2OS. The summed E-state index contributed by atoms with van der Waals surface area (Å²) in [5.41, 5.74) is 3.48. The van der Waals surface area contributed by atoms with Crippen LogP contribution in [0.1, 0.15) is 27.9 Å². The molecule has 0 spiro atoms. The number of carbonyl (C=O) groups is 1. The van der Waals surface area contributed by atoms with Crippen LogP contribution >= 0.6 is 11.3 Å². The second-order valence-electron chi connectivity index (χ2n) is 5.92. The van der Waals surface area contributed by atoms with E-state index in [0.29, 0.717) is 0 Å². The molecule has 22 heavy (non-hydrogen) atoms. The standard InChI is InChI=1S/C18H22N2OS/c1-15-3-5-16(6-4-15)13-19-8-2-9-20(11-10-19)18(21)17-7-12-22-14-17/h3-7,12,14H,2,8-11,13H2,1H3. The number of carbonyl (C=O) groups excluding carboxylic acids is 1. The highest BCUT2D eigenvalue weighted by Crippen LogP contribution is 2.14. The summed E-state index contributed by atoms with van der Waals surface area (Å²) in [7, 11) is 0. The van der Waals surface area contributed by atoms with Crippen molar-refractivity contribution in [3.63, 3.8) is 0 Å². The molecule has 0 radical (unpaired) electrons. The van der Waals surface area contributed by atoms with Crippen molar-refractivity contribution in [3.8, 4) is 0 Å². The van der Waals surface area contributed by atoms with E-state index in [4.69, 9.17) is 0 Å². The van der Waals surface area contributed by atoms with Gasteiger partial charge >= 0.3 is 0 Å². The average molecular weight is 314 g/mol. The molecule has 1 aliphatic heterocycles. The van der Waals surface area contributed by atoms with Crippen LogP contribution in [0.15, 0.2) is 41.1 Å². The maximum atomic E-state index is 12.4.